The second-order valence-electron chi connectivity index (χ2n) is 3.98. The smallest absolute Gasteiger partial charge is 0.313 e. The molecule has 0 aromatic heterocycles. The Labute approximate surface area is 105 Å². The fourth-order valence-corrected chi connectivity index (χ4v) is 1.82. The summed E-state index contributed by atoms with van der Waals surface area (Å²) in [4.78, 5) is 22.7. The number of rotatable bonds is 7. The number of hydrogen-bond acceptors (Lipinski definition) is 5. The summed E-state index contributed by atoms with van der Waals surface area (Å²) in [6.45, 7) is 0.370. The molecule has 2 N–H and O–H groups in total. The van der Waals surface area contributed by atoms with Gasteiger partial charge in [0.15, 0.2) is 0 Å². The van der Waals surface area contributed by atoms with E-state index in [9.17, 15) is 9.59 Å². The number of aliphatic hydroxyl groups excluding tert-OH is 1. The standard InChI is InChI=1S/C12H18O6/c13-5-6-17-7-8-18-12(16)10-4-2-1-3-9(10)11(14)15/h2,4,9-10,13H,1,3,5-8H2,(H,14,15). The van der Waals surface area contributed by atoms with Gasteiger partial charge < -0.3 is 19.7 Å². The van der Waals surface area contributed by atoms with Crippen molar-refractivity contribution in [3.05, 3.63) is 12.2 Å². The van der Waals surface area contributed by atoms with Crippen LogP contribution in [-0.4, -0.2) is 48.6 Å². The van der Waals surface area contributed by atoms with Crippen LogP contribution in [-0.2, 0) is 19.1 Å². The molecule has 0 spiro atoms. The van der Waals surface area contributed by atoms with Crippen molar-refractivity contribution in [3.8, 4) is 0 Å². The molecule has 0 saturated heterocycles. The number of carbonyl (C=O) groups is 2. The van der Waals surface area contributed by atoms with Gasteiger partial charge in [-0.2, -0.15) is 0 Å². The number of carbonyl (C=O) groups excluding carboxylic acids is 1. The Morgan fingerprint density at radius 1 is 1.28 bits per heavy atom. The molecule has 0 aromatic rings. The van der Waals surface area contributed by atoms with Crippen LogP contribution in [0.25, 0.3) is 0 Å². The lowest BCUT2D eigenvalue weighted by atomic mass is 9.84. The van der Waals surface area contributed by atoms with Crippen LogP contribution in [0.15, 0.2) is 12.2 Å². The Bertz CT molecular complexity index is 312. The highest BCUT2D eigenvalue weighted by Crippen LogP contribution is 2.26. The van der Waals surface area contributed by atoms with Gasteiger partial charge in [-0.25, -0.2) is 0 Å². The molecule has 18 heavy (non-hydrogen) atoms. The zero-order valence-electron chi connectivity index (χ0n) is 10.1. The maximum atomic E-state index is 11.7. The first kappa shape index (κ1) is 14.7. The van der Waals surface area contributed by atoms with Crippen LogP contribution in [0.5, 0.6) is 0 Å². The van der Waals surface area contributed by atoms with Gasteiger partial charge in [0.25, 0.3) is 0 Å². The number of carboxylic acids is 1. The summed E-state index contributed by atoms with van der Waals surface area (Å²) in [7, 11) is 0. The van der Waals surface area contributed by atoms with Crippen LogP contribution >= 0.6 is 0 Å². The summed E-state index contributed by atoms with van der Waals surface area (Å²) in [6, 6.07) is 0. The van der Waals surface area contributed by atoms with E-state index >= 15 is 0 Å². The minimum absolute atomic E-state index is 0.0650. The minimum Gasteiger partial charge on any atom is -0.481 e. The zero-order chi connectivity index (χ0) is 13.4. The van der Waals surface area contributed by atoms with E-state index in [1.165, 1.54) is 0 Å². The Morgan fingerprint density at radius 3 is 2.72 bits per heavy atom. The van der Waals surface area contributed by atoms with Crippen LogP contribution in [0.3, 0.4) is 0 Å². The summed E-state index contributed by atoms with van der Waals surface area (Å²) < 4.78 is 9.88. The van der Waals surface area contributed by atoms with E-state index in [0.717, 1.165) is 0 Å². The van der Waals surface area contributed by atoms with E-state index in [0.29, 0.717) is 12.8 Å². The Hall–Kier alpha value is -1.40. The lowest BCUT2D eigenvalue weighted by Gasteiger charge is -2.22. The molecule has 0 aromatic carbocycles. The third kappa shape index (κ3) is 4.46. The lowest BCUT2D eigenvalue weighted by molar-refractivity contribution is -0.157. The van der Waals surface area contributed by atoms with Crippen LogP contribution in [0.2, 0.25) is 0 Å². The van der Waals surface area contributed by atoms with Gasteiger partial charge in [0.2, 0.25) is 0 Å². The van der Waals surface area contributed by atoms with Crippen LogP contribution < -0.4 is 0 Å². The zero-order valence-corrected chi connectivity index (χ0v) is 10.1. The van der Waals surface area contributed by atoms with Crippen molar-refractivity contribution >= 4 is 11.9 Å². The summed E-state index contributed by atoms with van der Waals surface area (Å²) in [5.74, 6) is -2.93. The predicted octanol–water partition coefficient (Wildman–Crippen LogP) is 0.205. The maximum absolute atomic E-state index is 11.7. The van der Waals surface area contributed by atoms with E-state index < -0.39 is 23.8 Å². The molecule has 2 atom stereocenters. The molecular weight excluding hydrogens is 240 g/mol. The van der Waals surface area contributed by atoms with Gasteiger partial charge in [0.1, 0.15) is 6.61 Å². The summed E-state index contributed by atoms with van der Waals surface area (Å²) in [5, 5.41) is 17.5. The molecule has 102 valence electrons. The summed E-state index contributed by atoms with van der Waals surface area (Å²) in [6.07, 6.45) is 4.51. The first-order valence-corrected chi connectivity index (χ1v) is 5.91. The quantitative estimate of drug-likeness (QED) is 0.385. The molecule has 1 aliphatic rings. The third-order valence-electron chi connectivity index (χ3n) is 2.72. The molecule has 0 amide bonds. The minimum atomic E-state index is -0.974. The van der Waals surface area contributed by atoms with Crippen molar-refractivity contribution in [1.82, 2.24) is 0 Å². The number of hydrogen-bond donors (Lipinski definition) is 2. The summed E-state index contributed by atoms with van der Waals surface area (Å²) in [5.41, 5.74) is 0. The second-order valence-corrected chi connectivity index (χ2v) is 3.98. The van der Waals surface area contributed by atoms with Crippen molar-refractivity contribution in [2.45, 2.75) is 12.8 Å². The molecule has 2 unspecified atom stereocenters. The van der Waals surface area contributed by atoms with Gasteiger partial charge in [-0.05, 0) is 12.8 Å². The number of carboxylic acid groups (broad SMARTS) is 1. The van der Waals surface area contributed by atoms with Gasteiger partial charge in [-0.15, -0.1) is 0 Å². The molecule has 1 rings (SSSR count). The fourth-order valence-electron chi connectivity index (χ4n) is 1.82. The SMILES string of the molecule is O=C(OCCOCCO)C1C=CCCC1C(=O)O. The number of esters is 1. The number of ether oxygens (including phenoxy) is 2. The van der Waals surface area contributed by atoms with Crippen LogP contribution in [0.1, 0.15) is 12.8 Å². The highest BCUT2D eigenvalue weighted by Gasteiger charge is 2.34. The van der Waals surface area contributed by atoms with Crippen LogP contribution in [0, 0.1) is 11.8 Å². The number of aliphatic hydroxyl groups is 1. The van der Waals surface area contributed by atoms with Gasteiger partial charge in [0, 0.05) is 0 Å². The molecule has 0 aliphatic heterocycles. The number of allylic oxidation sites excluding steroid dienone is 1. The molecule has 1 aliphatic carbocycles. The molecule has 0 saturated carbocycles. The van der Waals surface area contributed by atoms with Crippen molar-refractivity contribution in [1.29, 1.82) is 0 Å². The van der Waals surface area contributed by atoms with Crippen molar-refractivity contribution in [2.75, 3.05) is 26.4 Å². The van der Waals surface area contributed by atoms with E-state index in [2.05, 4.69) is 0 Å². The average molecular weight is 258 g/mol. The first-order valence-electron chi connectivity index (χ1n) is 5.91. The van der Waals surface area contributed by atoms with Crippen molar-refractivity contribution in [2.24, 2.45) is 11.8 Å². The fraction of sp³-hybridized carbons (Fsp3) is 0.667. The second kappa shape index (κ2) is 7.84. The monoisotopic (exact) mass is 258 g/mol. The summed E-state index contributed by atoms with van der Waals surface area (Å²) >= 11 is 0. The number of aliphatic carboxylic acids is 1. The van der Waals surface area contributed by atoms with E-state index in [1.54, 1.807) is 12.2 Å². The Morgan fingerprint density at radius 2 is 2.06 bits per heavy atom. The van der Waals surface area contributed by atoms with Gasteiger partial charge in [-0.1, -0.05) is 12.2 Å². The van der Waals surface area contributed by atoms with Gasteiger partial charge in [0.05, 0.1) is 31.7 Å². The largest absolute Gasteiger partial charge is 0.481 e. The third-order valence-corrected chi connectivity index (χ3v) is 2.72. The highest BCUT2D eigenvalue weighted by molar-refractivity contribution is 5.83. The molecule has 0 fully saturated rings. The molecule has 6 nitrogen and oxygen atoms in total. The van der Waals surface area contributed by atoms with E-state index in [-0.39, 0.29) is 26.4 Å². The Kier molecular flexibility index (Phi) is 6.38. The topological polar surface area (TPSA) is 93.1 Å². The van der Waals surface area contributed by atoms with Gasteiger partial charge >= 0.3 is 11.9 Å². The Balaban J connectivity index is 2.37. The lowest BCUT2D eigenvalue weighted by Crippen LogP contribution is -2.32. The average Bonchev–Trinajstić information content (AvgIpc) is 2.38. The van der Waals surface area contributed by atoms with Crippen molar-refractivity contribution < 1.29 is 29.3 Å². The van der Waals surface area contributed by atoms with E-state index in [4.69, 9.17) is 19.7 Å². The molecule has 0 radical (unpaired) electrons. The maximum Gasteiger partial charge on any atom is 0.313 e. The van der Waals surface area contributed by atoms with E-state index in [1.807, 2.05) is 0 Å². The predicted molar refractivity (Wildman–Crippen MR) is 61.9 cm³/mol. The first-order chi connectivity index (χ1) is 8.66. The molecule has 0 heterocycles. The highest BCUT2D eigenvalue weighted by atomic mass is 16.6. The van der Waals surface area contributed by atoms with Gasteiger partial charge in [-0.3, -0.25) is 9.59 Å². The van der Waals surface area contributed by atoms with Crippen molar-refractivity contribution in [3.63, 3.8) is 0 Å². The molecular formula is C12H18O6. The van der Waals surface area contributed by atoms with Crippen LogP contribution in [0.4, 0.5) is 0 Å². The normalized spacial score (nSPS) is 22.7. The molecule has 6 heteroatoms. The molecule has 0 bridgehead atoms.